The van der Waals surface area contributed by atoms with E-state index in [1.807, 2.05) is 25.1 Å². The Labute approximate surface area is 109 Å². The zero-order valence-corrected chi connectivity index (χ0v) is 10.9. The molecule has 0 saturated carbocycles. The minimum absolute atomic E-state index is 0.683. The molecule has 0 saturated heterocycles. The second-order valence-corrected chi connectivity index (χ2v) is 5.39. The molecule has 94 valence electrons. The van der Waals surface area contributed by atoms with Crippen LogP contribution in [0.3, 0.4) is 0 Å². The molecule has 1 aromatic carbocycles. The van der Waals surface area contributed by atoms with Gasteiger partial charge in [-0.05, 0) is 25.1 Å². The summed E-state index contributed by atoms with van der Waals surface area (Å²) in [6.45, 7) is 3.33. The number of anilines is 1. The first-order chi connectivity index (χ1) is 8.74. The minimum Gasteiger partial charge on any atom is -0.490 e. The van der Waals surface area contributed by atoms with Crippen molar-refractivity contribution >= 4 is 16.3 Å². The number of rotatable bonds is 1. The van der Waals surface area contributed by atoms with Crippen molar-refractivity contribution < 1.29 is 9.47 Å². The van der Waals surface area contributed by atoms with Gasteiger partial charge in [0.25, 0.3) is 0 Å². The zero-order valence-electron chi connectivity index (χ0n) is 10.1. The lowest BCUT2D eigenvalue weighted by molar-refractivity contribution is 0.297. The summed E-state index contributed by atoms with van der Waals surface area (Å²) in [5.41, 5.74) is 7.76. The number of nitrogen functional groups attached to an aromatic ring is 1. The summed E-state index contributed by atoms with van der Waals surface area (Å²) in [4.78, 5) is 4.45. The minimum atomic E-state index is 0.683. The second-order valence-electron chi connectivity index (χ2n) is 4.16. The van der Waals surface area contributed by atoms with E-state index >= 15 is 0 Å². The van der Waals surface area contributed by atoms with Crippen LogP contribution < -0.4 is 15.2 Å². The fourth-order valence-electron chi connectivity index (χ4n) is 1.96. The molecule has 0 amide bonds. The number of hydrogen-bond donors (Lipinski definition) is 1. The fourth-order valence-corrected chi connectivity index (χ4v) is 2.68. The number of benzene rings is 1. The van der Waals surface area contributed by atoms with Gasteiger partial charge in [-0.15, -0.1) is 11.3 Å². The maximum Gasteiger partial charge on any atom is 0.161 e. The first kappa shape index (κ1) is 11.3. The largest absolute Gasteiger partial charge is 0.490 e. The van der Waals surface area contributed by atoms with Gasteiger partial charge in [0.15, 0.2) is 11.5 Å². The van der Waals surface area contributed by atoms with Gasteiger partial charge in [0, 0.05) is 12.0 Å². The van der Waals surface area contributed by atoms with Crippen LogP contribution in [0.5, 0.6) is 11.5 Å². The summed E-state index contributed by atoms with van der Waals surface area (Å²) in [5, 5.41) is 1.71. The maximum atomic E-state index is 5.96. The fraction of sp³-hybridized carbons (Fsp3) is 0.308. The molecule has 2 N–H and O–H groups in total. The summed E-state index contributed by atoms with van der Waals surface area (Å²) in [7, 11) is 0. The first-order valence-electron chi connectivity index (χ1n) is 5.87. The van der Waals surface area contributed by atoms with E-state index in [1.165, 1.54) is 11.3 Å². The van der Waals surface area contributed by atoms with E-state index < -0.39 is 0 Å². The second kappa shape index (κ2) is 4.49. The van der Waals surface area contributed by atoms with Gasteiger partial charge >= 0.3 is 0 Å². The average Bonchev–Trinajstić information content (AvgIpc) is 2.58. The number of aryl methyl sites for hydroxylation is 1. The molecule has 0 spiro atoms. The SMILES string of the molecule is Cc1nc(-c2ccc3c(c2)OCCCO3)c(N)s1. The predicted octanol–water partition coefficient (Wildman–Crippen LogP) is 2.86. The standard InChI is InChI=1S/C13H14N2O2S/c1-8-15-12(13(14)18-8)9-3-4-10-11(7-9)17-6-2-5-16-10/h3-4,7H,2,5-6,14H2,1H3. The Balaban J connectivity index is 2.04. The molecule has 0 fully saturated rings. The number of ether oxygens (including phenoxy) is 2. The van der Waals surface area contributed by atoms with Crippen LogP contribution in [-0.4, -0.2) is 18.2 Å². The van der Waals surface area contributed by atoms with Crippen LogP contribution in [0, 0.1) is 6.92 Å². The summed E-state index contributed by atoms with van der Waals surface area (Å²) < 4.78 is 11.3. The highest BCUT2D eigenvalue weighted by Crippen LogP contribution is 2.37. The third-order valence-electron chi connectivity index (χ3n) is 2.78. The highest BCUT2D eigenvalue weighted by molar-refractivity contribution is 7.16. The Morgan fingerprint density at radius 1 is 1.22 bits per heavy atom. The van der Waals surface area contributed by atoms with Crippen molar-refractivity contribution in [1.29, 1.82) is 0 Å². The van der Waals surface area contributed by atoms with Crippen LogP contribution in [-0.2, 0) is 0 Å². The Bertz CT molecular complexity index is 580. The van der Waals surface area contributed by atoms with E-state index in [1.54, 1.807) is 0 Å². The van der Waals surface area contributed by atoms with Crippen LogP contribution in [0.1, 0.15) is 11.4 Å². The lowest BCUT2D eigenvalue weighted by Gasteiger charge is -2.08. The molecule has 1 aliphatic heterocycles. The van der Waals surface area contributed by atoms with Crippen molar-refractivity contribution in [3.63, 3.8) is 0 Å². The highest BCUT2D eigenvalue weighted by atomic mass is 32.1. The molecule has 2 heterocycles. The Hall–Kier alpha value is -1.75. The molecule has 4 nitrogen and oxygen atoms in total. The maximum absolute atomic E-state index is 5.96. The molecular formula is C13H14N2O2S. The molecule has 5 heteroatoms. The summed E-state index contributed by atoms with van der Waals surface area (Å²) >= 11 is 1.50. The average molecular weight is 262 g/mol. The lowest BCUT2D eigenvalue weighted by atomic mass is 10.1. The highest BCUT2D eigenvalue weighted by Gasteiger charge is 2.14. The van der Waals surface area contributed by atoms with Gasteiger partial charge in [0.2, 0.25) is 0 Å². The summed E-state index contributed by atoms with van der Waals surface area (Å²) in [5.74, 6) is 1.57. The van der Waals surface area contributed by atoms with Crippen LogP contribution >= 0.6 is 11.3 Å². The third kappa shape index (κ3) is 2.01. The van der Waals surface area contributed by atoms with Gasteiger partial charge in [-0.2, -0.15) is 0 Å². The van der Waals surface area contributed by atoms with E-state index in [-0.39, 0.29) is 0 Å². The number of fused-ring (bicyclic) bond motifs is 1. The van der Waals surface area contributed by atoms with Gasteiger partial charge in [-0.3, -0.25) is 0 Å². The number of hydrogen-bond acceptors (Lipinski definition) is 5. The van der Waals surface area contributed by atoms with Crippen molar-refractivity contribution in [2.24, 2.45) is 0 Å². The van der Waals surface area contributed by atoms with Crippen LogP contribution in [0.15, 0.2) is 18.2 Å². The number of thiazole rings is 1. The van der Waals surface area contributed by atoms with E-state index in [9.17, 15) is 0 Å². The monoisotopic (exact) mass is 262 g/mol. The normalized spacial score (nSPS) is 14.3. The molecule has 2 aromatic rings. The van der Waals surface area contributed by atoms with Gasteiger partial charge in [0.1, 0.15) is 10.7 Å². The lowest BCUT2D eigenvalue weighted by Crippen LogP contribution is -1.97. The van der Waals surface area contributed by atoms with Crippen molar-refractivity contribution in [1.82, 2.24) is 4.98 Å². The van der Waals surface area contributed by atoms with Crippen LogP contribution in [0.25, 0.3) is 11.3 Å². The van der Waals surface area contributed by atoms with Gasteiger partial charge in [0.05, 0.1) is 18.2 Å². The van der Waals surface area contributed by atoms with Crippen molar-refractivity contribution in [2.45, 2.75) is 13.3 Å². The quantitative estimate of drug-likeness (QED) is 0.858. The molecule has 1 aromatic heterocycles. The summed E-state index contributed by atoms with van der Waals surface area (Å²) in [6, 6.07) is 5.84. The van der Waals surface area contributed by atoms with Crippen LogP contribution in [0.2, 0.25) is 0 Å². The van der Waals surface area contributed by atoms with E-state index in [2.05, 4.69) is 4.98 Å². The Kier molecular flexibility index (Phi) is 2.83. The first-order valence-corrected chi connectivity index (χ1v) is 6.68. The zero-order chi connectivity index (χ0) is 12.5. The van der Waals surface area contributed by atoms with E-state index in [0.717, 1.165) is 39.2 Å². The molecule has 0 aliphatic carbocycles. The Morgan fingerprint density at radius 3 is 2.72 bits per heavy atom. The third-order valence-corrected chi connectivity index (χ3v) is 3.58. The molecular weight excluding hydrogens is 248 g/mol. The molecule has 3 rings (SSSR count). The molecule has 18 heavy (non-hydrogen) atoms. The van der Waals surface area contributed by atoms with E-state index in [4.69, 9.17) is 15.2 Å². The topological polar surface area (TPSA) is 57.4 Å². The van der Waals surface area contributed by atoms with Gasteiger partial charge in [-0.1, -0.05) is 0 Å². The number of nitrogens with zero attached hydrogens (tertiary/aromatic N) is 1. The predicted molar refractivity (Wildman–Crippen MR) is 72.3 cm³/mol. The molecule has 0 atom stereocenters. The summed E-state index contributed by atoms with van der Waals surface area (Å²) in [6.07, 6.45) is 0.905. The van der Waals surface area contributed by atoms with Crippen molar-refractivity contribution in [3.8, 4) is 22.8 Å². The smallest absolute Gasteiger partial charge is 0.161 e. The van der Waals surface area contributed by atoms with Crippen LogP contribution in [0.4, 0.5) is 5.00 Å². The molecule has 0 bridgehead atoms. The molecule has 0 unspecified atom stereocenters. The number of nitrogens with two attached hydrogens (primary N) is 1. The Morgan fingerprint density at radius 2 is 2.00 bits per heavy atom. The van der Waals surface area contributed by atoms with E-state index in [0.29, 0.717) is 13.2 Å². The van der Waals surface area contributed by atoms with Gasteiger partial charge < -0.3 is 15.2 Å². The number of aromatic nitrogens is 1. The van der Waals surface area contributed by atoms with Crippen molar-refractivity contribution in [3.05, 3.63) is 23.2 Å². The molecule has 1 aliphatic rings. The molecule has 0 radical (unpaired) electrons. The van der Waals surface area contributed by atoms with Gasteiger partial charge in [-0.25, -0.2) is 4.98 Å². The van der Waals surface area contributed by atoms with Crippen molar-refractivity contribution in [2.75, 3.05) is 18.9 Å².